The molecule has 1 aromatic rings. The molecule has 0 aliphatic rings. The summed E-state index contributed by atoms with van der Waals surface area (Å²) in [4.78, 5) is 0.458. The average molecular weight is 208 g/mol. The van der Waals surface area contributed by atoms with Crippen LogP contribution in [0.5, 0.6) is 0 Å². The van der Waals surface area contributed by atoms with Gasteiger partial charge in [0.05, 0.1) is 4.90 Å². The molecule has 1 atom stereocenters. The molecule has 0 spiro atoms. The Labute approximate surface area is 103 Å². The van der Waals surface area contributed by atoms with Crippen molar-refractivity contribution in [3.8, 4) is 0 Å². The molecular weight excluding hydrogens is 195 g/mol. The van der Waals surface area contributed by atoms with Crippen LogP contribution in [0.2, 0.25) is 0 Å². The molecule has 0 aliphatic heterocycles. The minimum atomic E-state index is -1.85. The fraction of sp³-hybridized carbons (Fsp3) is 0.333. The van der Waals surface area contributed by atoms with Gasteiger partial charge in [0.2, 0.25) is 0 Å². The molecule has 2 nitrogen and oxygen atoms in total. The fourth-order valence-electron chi connectivity index (χ4n) is 0.969. The van der Waals surface area contributed by atoms with Gasteiger partial charge in [-0.15, -0.1) is 0 Å². The molecule has 0 fully saturated rings. The van der Waals surface area contributed by atoms with Gasteiger partial charge < -0.3 is 4.55 Å². The van der Waals surface area contributed by atoms with Crippen molar-refractivity contribution >= 4 is 40.6 Å². The Bertz CT molecular complexity index is 282. The van der Waals surface area contributed by atoms with Crippen LogP contribution < -0.4 is 0 Å². The van der Waals surface area contributed by atoms with Gasteiger partial charge in [0.1, 0.15) is 0 Å². The molecule has 0 aromatic heterocycles. The quantitative estimate of drug-likeness (QED) is 0.593. The molecule has 1 rings (SSSR count). The second-order valence-corrected chi connectivity index (χ2v) is 3.94. The van der Waals surface area contributed by atoms with Crippen molar-refractivity contribution in [1.82, 2.24) is 0 Å². The molecule has 0 aliphatic carbocycles. The van der Waals surface area contributed by atoms with Crippen LogP contribution in [0.1, 0.15) is 25.3 Å². The van der Waals surface area contributed by atoms with Crippen molar-refractivity contribution in [3.63, 3.8) is 0 Å². The van der Waals surface area contributed by atoms with Crippen LogP contribution in [0.4, 0.5) is 0 Å². The van der Waals surface area contributed by atoms with E-state index in [0.29, 0.717) is 10.8 Å². The van der Waals surface area contributed by atoms with Gasteiger partial charge in [-0.05, 0) is 23.6 Å². The van der Waals surface area contributed by atoms with Gasteiger partial charge in [-0.1, -0.05) is 26.0 Å². The number of benzene rings is 1. The Morgan fingerprint density at radius 1 is 1.23 bits per heavy atom. The summed E-state index contributed by atoms with van der Waals surface area (Å²) in [7, 11) is 0. The molecule has 13 heavy (non-hydrogen) atoms. The predicted molar refractivity (Wildman–Crippen MR) is 56.7 cm³/mol. The van der Waals surface area contributed by atoms with Crippen molar-refractivity contribution < 1.29 is 8.76 Å². The van der Waals surface area contributed by atoms with Crippen molar-refractivity contribution in [3.05, 3.63) is 29.8 Å². The molecule has 1 unspecified atom stereocenters. The molecule has 0 amide bonds. The van der Waals surface area contributed by atoms with E-state index < -0.39 is 11.1 Å². The van der Waals surface area contributed by atoms with Gasteiger partial charge >= 0.3 is 29.6 Å². The second kappa shape index (κ2) is 5.94. The van der Waals surface area contributed by atoms with E-state index in [1.807, 2.05) is 12.1 Å². The topological polar surface area (TPSA) is 37.3 Å². The van der Waals surface area contributed by atoms with Gasteiger partial charge in [-0.3, -0.25) is 0 Å². The minimum absolute atomic E-state index is 0. The third kappa shape index (κ3) is 3.92. The van der Waals surface area contributed by atoms with Crippen LogP contribution in [0.3, 0.4) is 0 Å². The van der Waals surface area contributed by atoms with E-state index in [0.717, 1.165) is 0 Å². The summed E-state index contributed by atoms with van der Waals surface area (Å²) in [5.74, 6) is 0.464. The zero-order valence-electron chi connectivity index (χ0n) is 7.15. The van der Waals surface area contributed by atoms with E-state index in [9.17, 15) is 4.21 Å². The fourth-order valence-corrected chi connectivity index (χ4v) is 1.34. The zero-order valence-corrected chi connectivity index (χ0v) is 7.97. The van der Waals surface area contributed by atoms with Crippen LogP contribution in [0.15, 0.2) is 29.2 Å². The summed E-state index contributed by atoms with van der Waals surface area (Å²) in [6, 6.07) is 7.14. The summed E-state index contributed by atoms with van der Waals surface area (Å²) < 4.78 is 19.3. The standard InChI is InChI=1S/C9H12O2S.Na.H/c1-7(2)8-3-5-9(6-4-8)12(10)11;;/h3-7H,1-2H3,(H,10,11);;. The normalized spacial score (nSPS) is 12.3. The van der Waals surface area contributed by atoms with Crippen molar-refractivity contribution in [1.29, 1.82) is 0 Å². The van der Waals surface area contributed by atoms with Gasteiger partial charge in [-0.25, -0.2) is 4.21 Å². The van der Waals surface area contributed by atoms with E-state index in [-0.39, 0.29) is 29.6 Å². The maximum atomic E-state index is 10.6. The first-order valence-electron chi connectivity index (χ1n) is 3.82. The first-order valence-corrected chi connectivity index (χ1v) is 4.92. The van der Waals surface area contributed by atoms with Crippen molar-refractivity contribution in [2.75, 3.05) is 0 Å². The molecule has 0 saturated carbocycles. The van der Waals surface area contributed by atoms with E-state index in [1.54, 1.807) is 12.1 Å². The van der Waals surface area contributed by atoms with E-state index in [2.05, 4.69) is 13.8 Å². The number of hydrogen-bond donors (Lipinski definition) is 1. The first-order chi connectivity index (χ1) is 5.61. The molecule has 0 saturated heterocycles. The Morgan fingerprint density at radius 3 is 2.00 bits per heavy atom. The summed E-state index contributed by atoms with van der Waals surface area (Å²) in [5, 5.41) is 0. The first kappa shape index (κ1) is 13.3. The summed E-state index contributed by atoms with van der Waals surface area (Å²) in [6.07, 6.45) is 0. The third-order valence-corrected chi connectivity index (χ3v) is 2.42. The second-order valence-electron chi connectivity index (χ2n) is 2.97. The van der Waals surface area contributed by atoms with Crippen LogP contribution in [-0.2, 0) is 11.1 Å². The Morgan fingerprint density at radius 2 is 1.69 bits per heavy atom. The van der Waals surface area contributed by atoms with Crippen LogP contribution in [0, 0.1) is 0 Å². The summed E-state index contributed by atoms with van der Waals surface area (Å²) >= 11 is -1.85. The Balaban J connectivity index is 0.00000144. The molecule has 1 aromatic carbocycles. The third-order valence-electron chi connectivity index (χ3n) is 1.75. The number of rotatable bonds is 2. The van der Waals surface area contributed by atoms with Gasteiger partial charge in [0, 0.05) is 0 Å². The van der Waals surface area contributed by atoms with Gasteiger partial charge in [-0.2, -0.15) is 0 Å². The van der Waals surface area contributed by atoms with E-state index in [4.69, 9.17) is 4.55 Å². The van der Waals surface area contributed by atoms with Crippen LogP contribution >= 0.6 is 0 Å². The van der Waals surface area contributed by atoms with Crippen molar-refractivity contribution in [2.45, 2.75) is 24.7 Å². The monoisotopic (exact) mass is 208 g/mol. The molecule has 0 radical (unpaired) electrons. The van der Waals surface area contributed by atoms with Gasteiger partial charge in [0.15, 0.2) is 11.1 Å². The van der Waals surface area contributed by atoms with E-state index in [1.165, 1.54) is 5.56 Å². The Kier molecular flexibility index (Phi) is 6.09. The van der Waals surface area contributed by atoms with Crippen LogP contribution in [-0.4, -0.2) is 38.3 Å². The van der Waals surface area contributed by atoms with Gasteiger partial charge in [0.25, 0.3) is 0 Å². The molecule has 1 N–H and O–H groups in total. The summed E-state index contributed by atoms with van der Waals surface area (Å²) in [5.41, 5.74) is 1.18. The predicted octanol–water partition coefficient (Wildman–Crippen LogP) is 1.74. The Hall–Kier alpha value is 0.330. The molecule has 4 heteroatoms. The average Bonchev–Trinajstić information content (AvgIpc) is 2.04. The summed E-state index contributed by atoms with van der Waals surface area (Å²) in [6.45, 7) is 4.18. The van der Waals surface area contributed by atoms with Crippen molar-refractivity contribution in [2.24, 2.45) is 0 Å². The van der Waals surface area contributed by atoms with Crippen LogP contribution in [0.25, 0.3) is 0 Å². The number of hydrogen-bond acceptors (Lipinski definition) is 1. The molecule has 0 bridgehead atoms. The SMILES string of the molecule is CC(C)c1ccc(S(=O)O)cc1.[NaH]. The molecule has 68 valence electrons. The van der Waals surface area contributed by atoms with E-state index >= 15 is 0 Å². The zero-order chi connectivity index (χ0) is 9.14. The molecular formula is C9H13NaO2S. The maximum absolute atomic E-state index is 10.6. The molecule has 0 heterocycles.